The van der Waals surface area contributed by atoms with Gasteiger partial charge >= 0.3 is 5.97 Å². The van der Waals surface area contributed by atoms with Crippen LogP contribution in [-0.4, -0.2) is 48.8 Å². The number of aliphatic hydroxyl groups excluding tert-OH is 2. The summed E-state index contributed by atoms with van der Waals surface area (Å²) in [5.41, 5.74) is 4.65. The fourth-order valence-electron chi connectivity index (χ4n) is 10.8. The molecule has 1 unspecified atom stereocenters. The molecule has 0 heterocycles. The molecule has 0 aromatic heterocycles. The minimum atomic E-state index is -4.05. The van der Waals surface area contributed by atoms with Crippen molar-refractivity contribution in [2.75, 3.05) is 0 Å². The molecule has 10 heteroatoms. The minimum Gasteiger partial charge on any atom is -0.458 e. The van der Waals surface area contributed by atoms with Gasteiger partial charge in [0, 0.05) is 12.5 Å². The van der Waals surface area contributed by atoms with Crippen molar-refractivity contribution in [3.8, 4) is 0 Å². The maximum absolute atomic E-state index is 14.2. The van der Waals surface area contributed by atoms with E-state index in [4.69, 9.17) is 4.74 Å². The highest BCUT2D eigenvalue weighted by molar-refractivity contribution is 7.89. The van der Waals surface area contributed by atoms with Crippen molar-refractivity contribution in [2.45, 2.75) is 130 Å². The van der Waals surface area contributed by atoms with E-state index in [2.05, 4.69) is 38.0 Å². The topological polar surface area (TPSA) is 142 Å². The van der Waals surface area contributed by atoms with Crippen molar-refractivity contribution in [3.63, 3.8) is 0 Å². The van der Waals surface area contributed by atoms with E-state index in [1.54, 1.807) is 12.1 Å². The third-order valence-electron chi connectivity index (χ3n) is 13.2. The highest BCUT2D eigenvalue weighted by Gasteiger charge is 2.70. The molecule has 48 heavy (non-hydrogen) atoms. The molecule has 1 amide bonds. The van der Waals surface area contributed by atoms with Gasteiger partial charge in [0.1, 0.15) is 6.10 Å². The average Bonchev–Trinajstić information content (AvgIpc) is 3.27. The van der Waals surface area contributed by atoms with Crippen molar-refractivity contribution in [2.24, 2.45) is 39.9 Å². The smallest absolute Gasteiger partial charge is 0.303 e. The van der Waals surface area contributed by atoms with Crippen molar-refractivity contribution in [1.82, 2.24) is 10.3 Å². The van der Waals surface area contributed by atoms with Crippen molar-refractivity contribution in [3.05, 3.63) is 52.6 Å². The van der Waals surface area contributed by atoms with Gasteiger partial charge in [-0.2, -0.15) is 0 Å². The average molecular weight is 685 g/mol. The summed E-state index contributed by atoms with van der Waals surface area (Å²) in [6.45, 7) is 16.2. The molecular formula is C38H56N2O7S. The van der Waals surface area contributed by atoms with Gasteiger partial charge in [0.2, 0.25) is 0 Å². The lowest BCUT2D eigenvalue weighted by atomic mass is 9.36. The molecule has 0 spiro atoms. The molecule has 9 nitrogen and oxygen atoms in total. The van der Waals surface area contributed by atoms with Crippen LogP contribution in [0.25, 0.3) is 0 Å². The van der Waals surface area contributed by atoms with E-state index in [0.717, 1.165) is 30.4 Å². The number of benzene rings is 1. The Balaban J connectivity index is 1.57. The van der Waals surface area contributed by atoms with Gasteiger partial charge in [0.05, 0.1) is 17.1 Å². The molecule has 266 valence electrons. The van der Waals surface area contributed by atoms with Crippen LogP contribution in [0.4, 0.5) is 0 Å². The number of hydrogen-bond acceptors (Lipinski definition) is 7. The Morgan fingerprint density at radius 3 is 2.29 bits per heavy atom. The Hall–Kier alpha value is -2.53. The van der Waals surface area contributed by atoms with Crippen LogP contribution in [0.2, 0.25) is 0 Å². The van der Waals surface area contributed by atoms with Crippen molar-refractivity contribution in [1.29, 1.82) is 0 Å². The van der Waals surface area contributed by atoms with Gasteiger partial charge in [0.25, 0.3) is 15.9 Å². The molecule has 0 bridgehead atoms. The zero-order valence-corrected chi connectivity index (χ0v) is 30.7. The number of ether oxygens (including phenoxy) is 1. The fourth-order valence-corrected chi connectivity index (χ4v) is 11.6. The number of esters is 1. The lowest BCUT2D eigenvalue weighted by molar-refractivity contribution is -0.234. The van der Waals surface area contributed by atoms with Crippen LogP contribution >= 0.6 is 0 Å². The monoisotopic (exact) mass is 684 g/mol. The summed E-state index contributed by atoms with van der Waals surface area (Å²) in [5.74, 6) is -0.879. The standard InChI is InChI=1S/C38H56N2O7S/c1-22(2)10-9-11-27(35(44)39-40-48(45,46)26-14-12-23(3)13-15-26)33-29-20-31(43)34-36(6)18-17-30(42)24(4)28(36)16-19-37(34,7)38(29,8)21-32(33)47-25(5)41/h10,12-15,24,28-32,34,40,42-43H,9,11,16-21H2,1-8H3,(H,39,44)/b33-27-/t24-,28-,29-,30+,31+,32-,34?,36-,37-,38-/m0/s1. The van der Waals surface area contributed by atoms with E-state index < -0.39 is 39.5 Å². The SMILES string of the molecule is CC(=O)O[C@H]1C[C@@]2(C)[C@@H](C[C@@H](O)C3[C@]2(C)CC[C@H]2[C@H](C)[C@H](O)CC[C@]32C)/C1=C(\CCC=C(C)C)C(=O)NNS(=O)(=O)c1ccc(C)cc1. The van der Waals surface area contributed by atoms with Crippen LogP contribution in [0.5, 0.6) is 0 Å². The summed E-state index contributed by atoms with van der Waals surface area (Å²) in [6.07, 6.45) is 5.48. The minimum absolute atomic E-state index is 0.0263. The van der Waals surface area contributed by atoms with Crippen LogP contribution in [0.3, 0.4) is 0 Å². The zero-order valence-electron chi connectivity index (χ0n) is 29.9. The van der Waals surface area contributed by atoms with Gasteiger partial charge in [-0.3, -0.25) is 15.0 Å². The summed E-state index contributed by atoms with van der Waals surface area (Å²) in [4.78, 5) is 29.1. The molecule has 10 atom stereocenters. The van der Waals surface area contributed by atoms with Crippen LogP contribution < -0.4 is 10.3 Å². The van der Waals surface area contributed by atoms with Crippen LogP contribution in [0.15, 0.2) is 52.0 Å². The van der Waals surface area contributed by atoms with Gasteiger partial charge in [0.15, 0.2) is 0 Å². The van der Waals surface area contributed by atoms with Crippen LogP contribution in [-0.2, 0) is 24.3 Å². The van der Waals surface area contributed by atoms with E-state index in [1.165, 1.54) is 19.1 Å². The predicted molar refractivity (Wildman–Crippen MR) is 185 cm³/mol. The number of nitrogens with one attached hydrogen (secondary N) is 2. The Morgan fingerprint density at radius 2 is 1.67 bits per heavy atom. The summed E-state index contributed by atoms with van der Waals surface area (Å²) < 4.78 is 32.3. The molecule has 4 fully saturated rings. The molecule has 4 N–H and O–H groups in total. The highest BCUT2D eigenvalue weighted by atomic mass is 32.2. The van der Waals surface area contributed by atoms with Crippen LogP contribution in [0, 0.1) is 46.8 Å². The lowest BCUT2D eigenvalue weighted by Crippen LogP contribution is -2.65. The molecule has 4 saturated carbocycles. The second kappa shape index (κ2) is 13.3. The molecule has 1 aromatic rings. The molecule has 4 aliphatic carbocycles. The number of aliphatic hydroxyl groups is 2. The Morgan fingerprint density at radius 1 is 1.00 bits per heavy atom. The second-order valence-corrected chi connectivity index (χ2v) is 17.9. The number of carbonyl (C=O) groups is 2. The number of carbonyl (C=O) groups excluding carboxylic acids is 2. The van der Waals surface area contributed by atoms with E-state index >= 15 is 0 Å². The molecule has 0 radical (unpaired) electrons. The van der Waals surface area contributed by atoms with Gasteiger partial charge < -0.3 is 14.9 Å². The van der Waals surface area contributed by atoms with Gasteiger partial charge in [-0.25, -0.2) is 8.42 Å². The Labute approximate surface area is 287 Å². The van der Waals surface area contributed by atoms with E-state index in [0.29, 0.717) is 49.2 Å². The predicted octanol–water partition coefficient (Wildman–Crippen LogP) is 5.90. The van der Waals surface area contributed by atoms with Gasteiger partial charge in [-0.15, -0.1) is 4.83 Å². The number of amides is 1. The first-order valence-electron chi connectivity index (χ1n) is 17.6. The Bertz CT molecular complexity index is 1580. The number of rotatable bonds is 8. The highest BCUT2D eigenvalue weighted by Crippen LogP contribution is 2.74. The van der Waals surface area contributed by atoms with Crippen molar-refractivity contribution < 1.29 is 33.0 Å². The summed E-state index contributed by atoms with van der Waals surface area (Å²) in [7, 11) is -4.05. The molecule has 5 rings (SSSR count). The first-order chi connectivity index (χ1) is 22.4. The molecule has 0 aliphatic heterocycles. The maximum atomic E-state index is 14.2. The fraction of sp³-hybridized carbons (Fsp3) is 0.684. The number of aryl methyl sites for hydroxylation is 1. The largest absolute Gasteiger partial charge is 0.458 e. The third kappa shape index (κ3) is 6.31. The molecular weight excluding hydrogens is 628 g/mol. The number of sulfonamides is 1. The summed E-state index contributed by atoms with van der Waals surface area (Å²) >= 11 is 0. The second-order valence-electron chi connectivity index (χ2n) is 16.2. The normalized spacial score (nSPS) is 38.6. The number of hydrogen-bond donors (Lipinski definition) is 4. The zero-order chi connectivity index (χ0) is 35.4. The third-order valence-corrected chi connectivity index (χ3v) is 14.5. The van der Waals surface area contributed by atoms with Gasteiger partial charge in [-0.05, 0) is 130 Å². The molecule has 0 saturated heterocycles. The van der Waals surface area contributed by atoms with E-state index in [9.17, 15) is 28.2 Å². The van der Waals surface area contributed by atoms with E-state index in [-0.39, 0.29) is 39.6 Å². The number of hydrazine groups is 1. The summed E-state index contributed by atoms with van der Waals surface area (Å²) in [6, 6.07) is 6.36. The molecule has 4 aliphatic rings. The molecule has 1 aromatic carbocycles. The number of allylic oxidation sites excluding steroid dienone is 2. The first-order valence-corrected chi connectivity index (χ1v) is 19.1. The van der Waals surface area contributed by atoms with E-state index in [1.807, 2.05) is 26.8 Å². The van der Waals surface area contributed by atoms with Crippen LogP contribution in [0.1, 0.15) is 105 Å². The number of fused-ring (bicyclic) bond motifs is 5. The van der Waals surface area contributed by atoms with Gasteiger partial charge in [-0.1, -0.05) is 57.0 Å². The maximum Gasteiger partial charge on any atom is 0.303 e. The first kappa shape index (κ1) is 36.7. The Kier molecular flexibility index (Phi) is 10.2. The quantitative estimate of drug-likeness (QED) is 0.116. The summed E-state index contributed by atoms with van der Waals surface area (Å²) in [5, 5.41) is 23.0. The van der Waals surface area contributed by atoms with Crippen molar-refractivity contribution >= 4 is 21.9 Å². The lowest BCUT2D eigenvalue weighted by Gasteiger charge is -2.69.